The SMILES string of the molecule is O=C(O)c1cccc(S(=O)(=O)Nc2c(F)c(CO)cc(CO)c2F)c1. The molecule has 0 aliphatic carbocycles. The fraction of sp³-hybridized carbons (Fsp3) is 0.133. The number of aromatic carboxylic acids is 1. The van der Waals surface area contributed by atoms with Crippen molar-refractivity contribution in [2.24, 2.45) is 0 Å². The highest BCUT2D eigenvalue weighted by atomic mass is 32.2. The highest BCUT2D eigenvalue weighted by Crippen LogP contribution is 2.28. The van der Waals surface area contributed by atoms with E-state index in [0.29, 0.717) is 0 Å². The molecule has 10 heteroatoms. The molecule has 7 nitrogen and oxygen atoms in total. The predicted octanol–water partition coefficient (Wildman–Crippen LogP) is 1.45. The monoisotopic (exact) mass is 373 g/mol. The summed E-state index contributed by atoms with van der Waals surface area (Å²) in [6, 6.07) is 5.05. The third-order valence-electron chi connectivity index (χ3n) is 3.32. The molecule has 0 radical (unpaired) electrons. The molecular formula is C15H13F2NO6S. The molecule has 2 rings (SSSR count). The number of anilines is 1. The lowest BCUT2D eigenvalue weighted by molar-refractivity contribution is 0.0696. The highest BCUT2D eigenvalue weighted by Gasteiger charge is 2.24. The molecule has 0 saturated carbocycles. The van der Waals surface area contributed by atoms with Gasteiger partial charge in [-0.3, -0.25) is 4.72 Å². The second-order valence-corrected chi connectivity index (χ2v) is 6.63. The zero-order valence-corrected chi connectivity index (χ0v) is 13.3. The van der Waals surface area contributed by atoms with Gasteiger partial charge in [-0.25, -0.2) is 22.0 Å². The van der Waals surface area contributed by atoms with Crippen LogP contribution in [0.2, 0.25) is 0 Å². The van der Waals surface area contributed by atoms with Gasteiger partial charge in [-0.1, -0.05) is 6.07 Å². The molecule has 2 aromatic rings. The fourth-order valence-electron chi connectivity index (χ4n) is 2.06. The van der Waals surface area contributed by atoms with E-state index in [1.807, 2.05) is 0 Å². The van der Waals surface area contributed by atoms with Gasteiger partial charge in [0.15, 0.2) is 11.6 Å². The summed E-state index contributed by atoms with van der Waals surface area (Å²) in [5, 5.41) is 27.1. The number of carboxylic acids is 1. The van der Waals surface area contributed by atoms with Crippen LogP contribution in [-0.2, 0) is 23.2 Å². The Morgan fingerprint density at radius 3 is 2.08 bits per heavy atom. The molecule has 0 atom stereocenters. The van der Waals surface area contributed by atoms with Gasteiger partial charge in [0.2, 0.25) is 0 Å². The molecule has 0 bridgehead atoms. The second-order valence-electron chi connectivity index (χ2n) is 4.95. The first-order valence-corrected chi connectivity index (χ1v) is 8.27. The van der Waals surface area contributed by atoms with Crippen LogP contribution >= 0.6 is 0 Å². The number of hydrogen-bond acceptors (Lipinski definition) is 5. The van der Waals surface area contributed by atoms with Crippen molar-refractivity contribution in [3.63, 3.8) is 0 Å². The molecular weight excluding hydrogens is 360 g/mol. The summed E-state index contributed by atoms with van der Waals surface area (Å²) in [6.45, 7) is -1.69. The lowest BCUT2D eigenvalue weighted by Gasteiger charge is -2.14. The average molecular weight is 373 g/mol. The number of aliphatic hydroxyl groups is 2. The Labute approximate surface area is 141 Å². The van der Waals surface area contributed by atoms with Crippen molar-refractivity contribution in [1.82, 2.24) is 0 Å². The molecule has 0 saturated heterocycles. The van der Waals surface area contributed by atoms with Gasteiger partial charge in [0, 0.05) is 11.1 Å². The number of sulfonamides is 1. The third-order valence-corrected chi connectivity index (χ3v) is 4.67. The quantitative estimate of drug-likeness (QED) is 0.608. The van der Waals surface area contributed by atoms with Gasteiger partial charge in [0.05, 0.1) is 23.7 Å². The zero-order chi connectivity index (χ0) is 18.8. The predicted molar refractivity (Wildman–Crippen MR) is 82.4 cm³/mol. The Morgan fingerprint density at radius 2 is 1.60 bits per heavy atom. The molecule has 4 N–H and O–H groups in total. The van der Waals surface area contributed by atoms with Gasteiger partial charge in [0.1, 0.15) is 5.69 Å². The first-order chi connectivity index (χ1) is 11.7. The van der Waals surface area contributed by atoms with E-state index in [-0.39, 0.29) is 5.56 Å². The van der Waals surface area contributed by atoms with Gasteiger partial charge in [-0.15, -0.1) is 0 Å². The Bertz CT molecular complexity index is 902. The Hall–Kier alpha value is -2.56. The first-order valence-electron chi connectivity index (χ1n) is 6.79. The van der Waals surface area contributed by atoms with Crippen LogP contribution in [0.15, 0.2) is 35.2 Å². The Morgan fingerprint density at radius 1 is 1.04 bits per heavy atom. The van der Waals surface area contributed by atoms with E-state index in [0.717, 1.165) is 30.3 Å². The minimum atomic E-state index is -4.52. The summed E-state index contributed by atoms with van der Waals surface area (Å²) in [7, 11) is -4.52. The van der Waals surface area contributed by atoms with E-state index in [9.17, 15) is 22.0 Å². The number of rotatable bonds is 6. The number of hydrogen-bond donors (Lipinski definition) is 4. The maximum atomic E-state index is 14.2. The third kappa shape index (κ3) is 3.76. The van der Waals surface area contributed by atoms with E-state index in [1.54, 1.807) is 4.72 Å². The number of carboxylic acid groups (broad SMARTS) is 1. The van der Waals surface area contributed by atoms with Gasteiger partial charge in [0.25, 0.3) is 10.0 Å². The summed E-state index contributed by atoms with van der Waals surface area (Å²) in [5.41, 5.74) is -2.23. The van der Waals surface area contributed by atoms with E-state index < -0.39 is 62.6 Å². The molecule has 0 aliphatic heterocycles. The normalized spacial score (nSPS) is 11.4. The van der Waals surface area contributed by atoms with Crippen molar-refractivity contribution in [2.75, 3.05) is 4.72 Å². The molecule has 25 heavy (non-hydrogen) atoms. The van der Waals surface area contributed by atoms with Crippen LogP contribution in [0.5, 0.6) is 0 Å². The molecule has 2 aromatic carbocycles. The number of benzene rings is 2. The lowest BCUT2D eigenvalue weighted by atomic mass is 10.1. The van der Waals surface area contributed by atoms with Crippen LogP contribution in [-0.4, -0.2) is 29.7 Å². The second kappa shape index (κ2) is 7.13. The maximum absolute atomic E-state index is 14.2. The van der Waals surface area contributed by atoms with Gasteiger partial charge in [-0.2, -0.15) is 0 Å². The smallest absolute Gasteiger partial charge is 0.335 e. The summed E-state index contributed by atoms with van der Waals surface area (Å²) >= 11 is 0. The van der Waals surface area contributed by atoms with Crippen LogP contribution < -0.4 is 4.72 Å². The van der Waals surface area contributed by atoms with E-state index in [4.69, 9.17) is 15.3 Å². The molecule has 0 aliphatic rings. The molecule has 0 spiro atoms. The fourth-order valence-corrected chi connectivity index (χ4v) is 3.17. The number of halogens is 2. The molecule has 0 fully saturated rings. The van der Waals surface area contributed by atoms with Crippen LogP contribution in [0.25, 0.3) is 0 Å². The summed E-state index contributed by atoms with van der Waals surface area (Å²) < 4.78 is 54.7. The van der Waals surface area contributed by atoms with Crippen LogP contribution in [0.4, 0.5) is 14.5 Å². The number of aliphatic hydroxyl groups excluding tert-OH is 2. The van der Waals surface area contributed by atoms with Crippen molar-refractivity contribution in [3.05, 3.63) is 58.7 Å². The standard InChI is InChI=1S/C15H13F2NO6S/c16-12-9(6-19)4-10(7-20)13(17)14(12)18-25(23,24)11-3-1-2-8(5-11)15(21)22/h1-5,18-20H,6-7H2,(H,21,22). The van der Waals surface area contributed by atoms with Crippen molar-refractivity contribution in [2.45, 2.75) is 18.1 Å². The number of carbonyl (C=O) groups is 1. The van der Waals surface area contributed by atoms with Crippen molar-refractivity contribution < 1.29 is 37.3 Å². The minimum absolute atomic E-state index is 0.330. The minimum Gasteiger partial charge on any atom is -0.478 e. The highest BCUT2D eigenvalue weighted by molar-refractivity contribution is 7.92. The van der Waals surface area contributed by atoms with Crippen molar-refractivity contribution in [3.8, 4) is 0 Å². The van der Waals surface area contributed by atoms with Crippen LogP contribution in [0, 0.1) is 11.6 Å². The molecule has 0 aromatic heterocycles. The Balaban J connectivity index is 2.55. The maximum Gasteiger partial charge on any atom is 0.335 e. The summed E-state index contributed by atoms with van der Waals surface area (Å²) in [6.07, 6.45) is 0. The largest absolute Gasteiger partial charge is 0.478 e. The molecule has 134 valence electrons. The molecule has 0 unspecified atom stereocenters. The lowest BCUT2D eigenvalue weighted by Crippen LogP contribution is -2.17. The van der Waals surface area contributed by atoms with Crippen LogP contribution in [0.1, 0.15) is 21.5 Å². The molecule has 0 heterocycles. The van der Waals surface area contributed by atoms with E-state index in [2.05, 4.69) is 0 Å². The molecule has 0 amide bonds. The average Bonchev–Trinajstić information content (AvgIpc) is 2.59. The van der Waals surface area contributed by atoms with Crippen LogP contribution in [0.3, 0.4) is 0 Å². The first kappa shape index (κ1) is 18.8. The zero-order valence-electron chi connectivity index (χ0n) is 12.5. The summed E-state index contributed by atoms with van der Waals surface area (Å²) in [4.78, 5) is 10.4. The van der Waals surface area contributed by atoms with E-state index >= 15 is 0 Å². The summed E-state index contributed by atoms with van der Waals surface area (Å²) in [5.74, 6) is -4.05. The number of nitrogens with one attached hydrogen (secondary N) is 1. The topological polar surface area (TPSA) is 124 Å². The van der Waals surface area contributed by atoms with Gasteiger partial charge in [-0.05, 0) is 24.3 Å². The van der Waals surface area contributed by atoms with Gasteiger partial charge < -0.3 is 15.3 Å². The Kier molecular flexibility index (Phi) is 5.36. The van der Waals surface area contributed by atoms with Crippen molar-refractivity contribution >= 4 is 21.7 Å². The van der Waals surface area contributed by atoms with Crippen molar-refractivity contribution in [1.29, 1.82) is 0 Å². The van der Waals surface area contributed by atoms with E-state index in [1.165, 1.54) is 0 Å². The van der Waals surface area contributed by atoms with Gasteiger partial charge >= 0.3 is 5.97 Å².